The highest BCUT2D eigenvalue weighted by molar-refractivity contribution is 6.08. The molecule has 1 aliphatic carbocycles. The van der Waals surface area contributed by atoms with E-state index in [2.05, 4.69) is 25.4 Å². The summed E-state index contributed by atoms with van der Waals surface area (Å²) >= 11 is 0. The Morgan fingerprint density at radius 2 is 2.06 bits per heavy atom. The molecule has 5 rings (SSSR count). The maximum Gasteiger partial charge on any atom is 0.284 e. The number of halogens is 2. The predicted molar refractivity (Wildman–Crippen MR) is 124 cm³/mol. The van der Waals surface area contributed by atoms with Crippen LogP contribution in [0.5, 0.6) is 0 Å². The molecule has 1 saturated heterocycles. The van der Waals surface area contributed by atoms with E-state index in [9.17, 15) is 18.7 Å². The van der Waals surface area contributed by atoms with Gasteiger partial charge in [0.05, 0.1) is 24.5 Å². The summed E-state index contributed by atoms with van der Waals surface area (Å²) in [5, 5.41) is 20.3. The van der Waals surface area contributed by atoms with Crippen molar-refractivity contribution >= 4 is 23.1 Å². The fourth-order valence-electron chi connectivity index (χ4n) is 4.80. The summed E-state index contributed by atoms with van der Waals surface area (Å²) in [7, 11) is 0. The van der Waals surface area contributed by atoms with Crippen molar-refractivity contribution < 1.29 is 23.4 Å². The summed E-state index contributed by atoms with van der Waals surface area (Å²) in [6.45, 7) is 2.91. The van der Waals surface area contributed by atoms with Gasteiger partial charge in [0.25, 0.3) is 12.3 Å². The Hall–Kier alpha value is -3.12. The van der Waals surface area contributed by atoms with Crippen LogP contribution in [0.25, 0.3) is 5.65 Å². The van der Waals surface area contributed by atoms with Gasteiger partial charge in [0, 0.05) is 38.7 Å². The van der Waals surface area contributed by atoms with E-state index in [1.165, 1.54) is 21.6 Å². The van der Waals surface area contributed by atoms with Crippen LogP contribution in [0.2, 0.25) is 0 Å². The number of hydrogen-bond donors (Lipinski definition) is 2. The van der Waals surface area contributed by atoms with Crippen molar-refractivity contribution in [3.05, 3.63) is 35.9 Å². The van der Waals surface area contributed by atoms with Crippen LogP contribution in [0.4, 0.5) is 20.3 Å². The molecule has 0 spiro atoms. The lowest BCUT2D eigenvalue weighted by Gasteiger charge is -2.27. The molecule has 0 unspecified atom stereocenters. The van der Waals surface area contributed by atoms with E-state index in [0.29, 0.717) is 31.2 Å². The van der Waals surface area contributed by atoms with E-state index in [0.717, 1.165) is 38.6 Å². The largest absolute Gasteiger partial charge is 0.396 e. The molecule has 2 fully saturated rings. The number of rotatable bonds is 6. The first-order chi connectivity index (χ1) is 17.0. The Balaban J connectivity index is 1.37. The lowest BCUT2D eigenvalue weighted by molar-refractivity contribution is 0.102. The average Bonchev–Trinajstić information content (AvgIpc) is 3.39. The van der Waals surface area contributed by atoms with Crippen LogP contribution in [0.1, 0.15) is 60.6 Å². The zero-order chi connectivity index (χ0) is 24.4. The van der Waals surface area contributed by atoms with Gasteiger partial charge in [-0.3, -0.25) is 9.48 Å². The Bertz CT molecular complexity index is 1170. The summed E-state index contributed by atoms with van der Waals surface area (Å²) in [4.78, 5) is 19.9. The molecule has 0 radical (unpaired) electrons. The highest BCUT2D eigenvalue weighted by Gasteiger charge is 2.27. The molecule has 4 heterocycles. The van der Waals surface area contributed by atoms with Crippen molar-refractivity contribution in [1.29, 1.82) is 0 Å². The zero-order valence-electron chi connectivity index (χ0n) is 19.3. The molecule has 3 aromatic rings. The lowest BCUT2D eigenvalue weighted by Crippen LogP contribution is -2.27. The van der Waals surface area contributed by atoms with E-state index in [1.54, 1.807) is 6.20 Å². The van der Waals surface area contributed by atoms with Crippen molar-refractivity contribution in [2.45, 2.75) is 44.6 Å². The normalized spacial score (nSPS) is 21.4. The number of aromatic nitrogens is 5. The third-order valence-corrected chi connectivity index (χ3v) is 6.81. The quantitative estimate of drug-likeness (QED) is 0.548. The Morgan fingerprint density at radius 3 is 2.83 bits per heavy atom. The van der Waals surface area contributed by atoms with Gasteiger partial charge >= 0.3 is 0 Å². The van der Waals surface area contributed by atoms with Gasteiger partial charge < -0.3 is 20.1 Å². The maximum atomic E-state index is 13.8. The maximum absolute atomic E-state index is 13.8. The van der Waals surface area contributed by atoms with Crippen molar-refractivity contribution in [3.8, 4) is 0 Å². The number of nitrogens with zero attached hydrogens (tertiary/aromatic N) is 6. The van der Waals surface area contributed by atoms with E-state index < -0.39 is 18.0 Å². The number of alkyl halides is 2. The van der Waals surface area contributed by atoms with Gasteiger partial charge in [-0.05, 0) is 44.1 Å². The van der Waals surface area contributed by atoms with E-state index in [1.807, 2.05) is 6.07 Å². The molecular formula is C23H29F2N7O3. The van der Waals surface area contributed by atoms with E-state index in [-0.39, 0.29) is 29.8 Å². The smallest absolute Gasteiger partial charge is 0.284 e. The van der Waals surface area contributed by atoms with Gasteiger partial charge in [-0.2, -0.15) is 10.2 Å². The molecule has 1 saturated carbocycles. The molecule has 188 valence electrons. The number of carbonyl (C=O) groups excluding carboxylic acids is 1. The van der Waals surface area contributed by atoms with Gasteiger partial charge in [0.2, 0.25) is 0 Å². The van der Waals surface area contributed by atoms with Crippen LogP contribution in [0.15, 0.2) is 24.7 Å². The molecule has 0 bridgehead atoms. The minimum Gasteiger partial charge on any atom is -0.396 e. The molecule has 2 aliphatic rings. The first-order valence-electron chi connectivity index (χ1n) is 12.0. The first kappa shape index (κ1) is 23.6. The molecule has 2 N–H and O–H groups in total. The second kappa shape index (κ2) is 10.2. The summed E-state index contributed by atoms with van der Waals surface area (Å²) in [6.07, 6.45) is 5.74. The number of fused-ring (bicyclic) bond motifs is 1. The van der Waals surface area contributed by atoms with Gasteiger partial charge in [-0.25, -0.2) is 18.3 Å². The van der Waals surface area contributed by atoms with Crippen molar-refractivity contribution in [3.63, 3.8) is 0 Å². The molecule has 12 heteroatoms. The van der Waals surface area contributed by atoms with Crippen LogP contribution < -0.4 is 10.2 Å². The van der Waals surface area contributed by atoms with Gasteiger partial charge in [0.1, 0.15) is 11.4 Å². The van der Waals surface area contributed by atoms with Crippen LogP contribution in [0, 0.1) is 5.92 Å². The van der Waals surface area contributed by atoms with Crippen LogP contribution >= 0.6 is 0 Å². The SMILES string of the molecule is O=C(Nc1cn(C2CCC(CO)CC2)nc1C(F)F)c1cnn2ccc(N3CCCOCC3)nc12. The second-order valence-electron chi connectivity index (χ2n) is 9.09. The number of aliphatic hydroxyl groups excluding tert-OH is 1. The number of amides is 1. The standard InChI is InChI=1S/C23H29F2N7O3/c24-21(25)20-18(13-32(29-20)16-4-2-15(14-33)3-5-16)27-23(34)17-12-26-31-8-6-19(28-22(17)31)30-7-1-10-35-11-9-30/h6,8,12-13,15-16,21,33H,1-5,7,9-11,14H2,(H,27,34). The molecule has 0 aromatic carbocycles. The average molecular weight is 490 g/mol. The first-order valence-corrected chi connectivity index (χ1v) is 12.0. The van der Waals surface area contributed by atoms with Crippen molar-refractivity contribution in [2.24, 2.45) is 5.92 Å². The summed E-state index contributed by atoms with van der Waals surface area (Å²) in [6, 6.07) is 1.79. The summed E-state index contributed by atoms with van der Waals surface area (Å²) in [5.74, 6) is 0.372. The Kier molecular flexibility index (Phi) is 6.91. The molecule has 1 amide bonds. The topological polar surface area (TPSA) is 110 Å². The summed E-state index contributed by atoms with van der Waals surface area (Å²) < 4.78 is 36.0. The number of ether oxygens (including phenoxy) is 1. The number of aliphatic hydroxyl groups is 1. The third-order valence-electron chi connectivity index (χ3n) is 6.81. The van der Waals surface area contributed by atoms with Crippen LogP contribution in [0.3, 0.4) is 0 Å². The van der Waals surface area contributed by atoms with Gasteiger partial charge in [-0.1, -0.05) is 0 Å². The van der Waals surface area contributed by atoms with Gasteiger partial charge in [0.15, 0.2) is 11.3 Å². The minimum atomic E-state index is -2.83. The molecule has 1 aliphatic heterocycles. The highest BCUT2D eigenvalue weighted by Crippen LogP contribution is 2.34. The Morgan fingerprint density at radius 1 is 1.23 bits per heavy atom. The number of hydrogen-bond acceptors (Lipinski definition) is 7. The minimum absolute atomic E-state index is 0.0190. The molecule has 3 aromatic heterocycles. The molecule has 10 nitrogen and oxygen atoms in total. The van der Waals surface area contributed by atoms with Crippen molar-refractivity contribution in [2.75, 3.05) is 43.1 Å². The Labute approximate surface area is 200 Å². The third kappa shape index (κ3) is 4.98. The van der Waals surface area contributed by atoms with Crippen LogP contribution in [-0.2, 0) is 4.74 Å². The fraction of sp³-hybridized carbons (Fsp3) is 0.565. The molecule has 35 heavy (non-hydrogen) atoms. The molecule has 0 atom stereocenters. The van der Waals surface area contributed by atoms with E-state index in [4.69, 9.17) is 4.74 Å². The predicted octanol–water partition coefficient (Wildman–Crippen LogP) is 3.07. The number of carbonyl (C=O) groups is 1. The van der Waals surface area contributed by atoms with E-state index >= 15 is 0 Å². The highest BCUT2D eigenvalue weighted by atomic mass is 19.3. The number of nitrogens with one attached hydrogen (secondary N) is 1. The summed E-state index contributed by atoms with van der Waals surface area (Å²) in [5.41, 5.74) is 0.0552. The van der Waals surface area contributed by atoms with Crippen molar-refractivity contribution in [1.82, 2.24) is 24.4 Å². The zero-order valence-corrected chi connectivity index (χ0v) is 19.3. The van der Waals surface area contributed by atoms with Crippen LogP contribution in [-0.4, -0.2) is 68.3 Å². The monoisotopic (exact) mass is 489 g/mol. The van der Waals surface area contributed by atoms with Gasteiger partial charge in [-0.15, -0.1) is 0 Å². The number of anilines is 2. The molecular weight excluding hydrogens is 460 g/mol. The fourth-order valence-corrected chi connectivity index (χ4v) is 4.80. The second-order valence-corrected chi connectivity index (χ2v) is 9.09. The lowest BCUT2D eigenvalue weighted by atomic mass is 9.87.